The van der Waals surface area contributed by atoms with Gasteiger partial charge >= 0.3 is 0 Å². The third kappa shape index (κ3) is 10.0. The van der Waals surface area contributed by atoms with Gasteiger partial charge < -0.3 is 26.0 Å². The van der Waals surface area contributed by atoms with E-state index in [0.29, 0.717) is 18.7 Å². The number of carbonyl (C=O) groups is 7. The number of β-amino-alcohol motifs (C(OH)–C–C–N with tert-alkyl or cyclic N) is 1. The van der Waals surface area contributed by atoms with Crippen molar-refractivity contribution in [1.82, 2.24) is 30.7 Å². The van der Waals surface area contributed by atoms with Crippen LogP contribution >= 0.6 is 11.3 Å². The van der Waals surface area contributed by atoms with E-state index < -0.39 is 59.2 Å². The standard InChI is InChI=1S/C43H53N7O8S/c1-25-36(59-24-46-25)27-16-14-26(15-17-27)22-45-38(54)32-21-28(51)23-49(32)42(58)37(43(2,3)4)47-33(52)13-8-6-5-7-9-20-44-30-12-10-11-29-35(30)41(57)50(40(29)56)31-18-19-34(53)48-39(31)55/h10-12,14-17,24,28,31-32,37,44,51H,5-9,13,18-23H2,1-4H3,(H,45,54)(H,47,52)(H,48,53,55)/t28-,31?,32+,37-/m1/s1. The lowest BCUT2D eigenvalue weighted by Gasteiger charge is -2.35. The Morgan fingerprint density at radius 1 is 0.983 bits per heavy atom. The number of likely N-dealkylation sites (tertiary alicyclic amines) is 1. The fourth-order valence-electron chi connectivity index (χ4n) is 7.84. The van der Waals surface area contributed by atoms with E-state index in [4.69, 9.17) is 0 Å². The summed E-state index contributed by atoms with van der Waals surface area (Å²) in [6.45, 7) is 8.33. The molecular formula is C43H53N7O8S. The maximum atomic E-state index is 14.0. The lowest BCUT2D eigenvalue weighted by atomic mass is 9.85. The number of hydrogen-bond donors (Lipinski definition) is 5. The number of benzene rings is 2. The minimum atomic E-state index is -1.03. The Balaban J connectivity index is 0.925. The van der Waals surface area contributed by atoms with Crippen LogP contribution in [0.1, 0.15) is 111 Å². The molecule has 16 heteroatoms. The zero-order chi connectivity index (χ0) is 42.4. The van der Waals surface area contributed by atoms with Crippen molar-refractivity contribution in [1.29, 1.82) is 0 Å². The Morgan fingerprint density at radius 3 is 2.41 bits per heavy atom. The van der Waals surface area contributed by atoms with E-state index in [2.05, 4.69) is 26.3 Å². The fourth-order valence-corrected chi connectivity index (χ4v) is 8.65. The van der Waals surface area contributed by atoms with Gasteiger partial charge in [0.2, 0.25) is 29.5 Å². The molecule has 0 aliphatic carbocycles. The van der Waals surface area contributed by atoms with Gasteiger partial charge in [-0.25, -0.2) is 4.98 Å². The van der Waals surface area contributed by atoms with Gasteiger partial charge in [0.25, 0.3) is 11.8 Å². The number of rotatable bonds is 16. The molecule has 5 N–H and O–H groups in total. The second kappa shape index (κ2) is 18.6. The van der Waals surface area contributed by atoms with Crippen LogP contribution in [0.4, 0.5) is 5.69 Å². The van der Waals surface area contributed by atoms with Gasteiger partial charge in [-0.2, -0.15) is 0 Å². The first kappa shape index (κ1) is 43.1. The largest absolute Gasteiger partial charge is 0.391 e. The highest BCUT2D eigenvalue weighted by molar-refractivity contribution is 7.13. The van der Waals surface area contributed by atoms with E-state index in [1.54, 1.807) is 29.5 Å². The zero-order valence-electron chi connectivity index (χ0n) is 34.0. The second-order valence-corrected chi connectivity index (χ2v) is 17.4. The molecule has 4 atom stereocenters. The Hall–Kier alpha value is -5.48. The van der Waals surface area contributed by atoms with Crippen LogP contribution in [0.25, 0.3) is 10.4 Å². The first-order chi connectivity index (χ1) is 28.1. The summed E-state index contributed by atoms with van der Waals surface area (Å²) in [5.41, 5.74) is 5.00. The Kier molecular flexibility index (Phi) is 13.6. The van der Waals surface area contributed by atoms with Gasteiger partial charge in [-0.15, -0.1) is 11.3 Å². The molecule has 0 bridgehead atoms. The maximum absolute atomic E-state index is 14.0. The van der Waals surface area contributed by atoms with Crippen LogP contribution in [-0.4, -0.2) is 98.6 Å². The molecule has 2 aromatic carbocycles. The number of nitrogens with one attached hydrogen (secondary N) is 4. The van der Waals surface area contributed by atoms with Gasteiger partial charge in [0.15, 0.2) is 0 Å². The van der Waals surface area contributed by atoms with Crippen molar-refractivity contribution in [3.63, 3.8) is 0 Å². The Morgan fingerprint density at radius 2 is 1.71 bits per heavy atom. The average molecular weight is 828 g/mol. The number of unbranched alkanes of at least 4 members (excludes halogenated alkanes) is 4. The molecule has 3 aromatic rings. The molecule has 4 heterocycles. The average Bonchev–Trinajstić information content (AvgIpc) is 3.88. The monoisotopic (exact) mass is 827 g/mol. The smallest absolute Gasteiger partial charge is 0.264 e. The molecule has 59 heavy (non-hydrogen) atoms. The topological polar surface area (TPSA) is 207 Å². The number of nitrogens with zero attached hydrogens (tertiary/aromatic N) is 3. The van der Waals surface area contributed by atoms with Crippen LogP contribution in [-0.2, 0) is 30.5 Å². The van der Waals surface area contributed by atoms with E-state index in [1.165, 1.54) is 4.90 Å². The van der Waals surface area contributed by atoms with Crippen LogP contribution in [0.15, 0.2) is 48.0 Å². The van der Waals surface area contributed by atoms with Crippen LogP contribution in [0, 0.1) is 12.3 Å². The van der Waals surface area contributed by atoms with Gasteiger partial charge in [-0.3, -0.25) is 43.8 Å². The van der Waals surface area contributed by atoms with Crippen molar-refractivity contribution in [2.45, 2.75) is 116 Å². The Bertz CT molecular complexity index is 2090. The Labute approximate surface area is 347 Å². The first-order valence-electron chi connectivity index (χ1n) is 20.3. The highest BCUT2D eigenvalue weighted by atomic mass is 32.1. The summed E-state index contributed by atoms with van der Waals surface area (Å²) in [7, 11) is 0. The number of piperidine rings is 1. The molecule has 7 amide bonds. The summed E-state index contributed by atoms with van der Waals surface area (Å²) >= 11 is 1.57. The summed E-state index contributed by atoms with van der Waals surface area (Å²) in [6.07, 6.45) is 3.47. The van der Waals surface area contributed by atoms with Crippen molar-refractivity contribution < 1.29 is 38.7 Å². The normalized spacial score (nSPS) is 19.7. The molecule has 6 rings (SSSR count). The number of hydrogen-bond acceptors (Lipinski definition) is 11. The zero-order valence-corrected chi connectivity index (χ0v) is 34.8. The van der Waals surface area contributed by atoms with Crippen molar-refractivity contribution in [2.24, 2.45) is 5.41 Å². The summed E-state index contributed by atoms with van der Waals surface area (Å²) in [5, 5.41) is 21.9. The molecular weight excluding hydrogens is 775 g/mol. The first-order valence-corrected chi connectivity index (χ1v) is 21.2. The number of amides is 7. The predicted molar refractivity (Wildman–Crippen MR) is 221 cm³/mol. The molecule has 3 aliphatic heterocycles. The highest BCUT2D eigenvalue weighted by Gasteiger charge is 2.46. The highest BCUT2D eigenvalue weighted by Crippen LogP contribution is 2.33. The second-order valence-electron chi connectivity index (χ2n) is 16.6. The minimum absolute atomic E-state index is 0.000883. The van der Waals surface area contributed by atoms with Crippen molar-refractivity contribution in [2.75, 3.05) is 18.4 Å². The lowest BCUT2D eigenvalue weighted by Crippen LogP contribution is -2.57. The van der Waals surface area contributed by atoms with Crippen molar-refractivity contribution >= 4 is 58.4 Å². The molecule has 15 nitrogen and oxygen atoms in total. The fraction of sp³-hybridized carbons (Fsp3) is 0.488. The van der Waals surface area contributed by atoms with Crippen LogP contribution in [0.2, 0.25) is 0 Å². The third-order valence-corrected chi connectivity index (χ3v) is 12.1. The lowest BCUT2D eigenvalue weighted by molar-refractivity contribution is -0.144. The number of carbonyl (C=O) groups excluding carboxylic acids is 7. The van der Waals surface area contributed by atoms with Crippen LogP contribution in [0.3, 0.4) is 0 Å². The van der Waals surface area contributed by atoms with Crippen LogP contribution in [0.5, 0.6) is 0 Å². The molecule has 1 aromatic heterocycles. The number of aliphatic hydroxyl groups excluding tert-OH is 1. The van der Waals surface area contributed by atoms with E-state index in [-0.39, 0.29) is 61.7 Å². The number of aryl methyl sites for hydroxylation is 1. The molecule has 0 spiro atoms. The molecule has 0 saturated carbocycles. The molecule has 2 saturated heterocycles. The maximum Gasteiger partial charge on any atom is 0.264 e. The number of aromatic nitrogens is 1. The van der Waals surface area contributed by atoms with E-state index in [1.807, 2.05) is 57.5 Å². The third-order valence-electron chi connectivity index (χ3n) is 11.1. The van der Waals surface area contributed by atoms with Gasteiger partial charge in [-0.05, 0) is 54.9 Å². The van der Waals surface area contributed by atoms with E-state index in [0.717, 1.165) is 52.3 Å². The van der Waals surface area contributed by atoms with Gasteiger partial charge in [0, 0.05) is 44.6 Å². The van der Waals surface area contributed by atoms with Crippen molar-refractivity contribution in [3.05, 3.63) is 70.4 Å². The summed E-state index contributed by atoms with van der Waals surface area (Å²) in [5.74, 6) is -3.22. The quantitative estimate of drug-likeness (QED) is 0.103. The number of imide groups is 2. The van der Waals surface area contributed by atoms with E-state index in [9.17, 15) is 38.7 Å². The van der Waals surface area contributed by atoms with Gasteiger partial charge in [0.05, 0.1) is 33.3 Å². The molecule has 3 aliphatic rings. The summed E-state index contributed by atoms with van der Waals surface area (Å²) in [6, 6.07) is 10.0. The number of thiazole rings is 1. The predicted octanol–water partition coefficient (Wildman–Crippen LogP) is 4.08. The van der Waals surface area contributed by atoms with E-state index >= 15 is 0 Å². The van der Waals surface area contributed by atoms with Gasteiger partial charge in [-0.1, -0.05) is 70.4 Å². The number of anilines is 1. The SMILES string of the molecule is Cc1ncsc1-c1ccc(CNC(=O)[C@@H]2C[C@@H](O)CN2C(=O)[C@@H](NC(=O)CCCCCCCNc2cccc3c2C(=O)N(C2CCC(=O)NC2=O)C3=O)C(C)(C)C)cc1. The molecule has 1 unspecified atom stereocenters. The van der Waals surface area contributed by atoms with Crippen molar-refractivity contribution in [3.8, 4) is 10.4 Å². The summed E-state index contributed by atoms with van der Waals surface area (Å²) in [4.78, 5) is 98.7. The van der Waals surface area contributed by atoms with Crippen LogP contribution < -0.4 is 21.3 Å². The molecule has 0 radical (unpaired) electrons. The number of fused-ring (bicyclic) bond motifs is 1. The summed E-state index contributed by atoms with van der Waals surface area (Å²) < 4.78 is 0. The molecule has 314 valence electrons. The minimum Gasteiger partial charge on any atom is -0.391 e. The van der Waals surface area contributed by atoms with Gasteiger partial charge in [0.1, 0.15) is 18.1 Å². The number of aliphatic hydroxyl groups is 1. The molecule has 2 fully saturated rings.